The minimum Gasteiger partial charge on any atom is -0.491 e. The number of likely N-dealkylation sites (tertiary alicyclic amines) is 1. The molecular formula is C17H21NO5. The van der Waals surface area contributed by atoms with Crippen LogP contribution in [0.2, 0.25) is 0 Å². The van der Waals surface area contributed by atoms with Crippen LogP contribution in [0.25, 0.3) is 0 Å². The SMILES string of the molecule is CCOC(=O)CN1C(=O)C[C@H](c2ccc(OC(C)C)cc2)C1=O. The number of benzene rings is 1. The lowest BCUT2D eigenvalue weighted by Crippen LogP contribution is -2.36. The molecular weight excluding hydrogens is 298 g/mol. The van der Waals surface area contributed by atoms with E-state index in [0.29, 0.717) is 5.75 Å². The number of hydrogen-bond acceptors (Lipinski definition) is 5. The van der Waals surface area contributed by atoms with Gasteiger partial charge >= 0.3 is 5.97 Å². The van der Waals surface area contributed by atoms with Gasteiger partial charge in [-0.1, -0.05) is 12.1 Å². The molecule has 6 heteroatoms. The van der Waals surface area contributed by atoms with Gasteiger partial charge in [-0.15, -0.1) is 0 Å². The summed E-state index contributed by atoms with van der Waals surface area (Å²) in [7, 11) is 0. The van der Waals surface area contributed by atoms with Crippen LogP contribution in [0.3, 0.4) is 0 Å². The van der Waals surface area contributed by atoms with Crippen LogP contribution in [0.15, 0.2) is 24.3 Å². The zero-order valence-electron chi connectivity index (χ0n) is 13.6. The van der Waals surface area contributed by atoms with Crippen molar-refractivity contribution in [3.05, 3.63) is 29.8 Å². The minimum absolute atomic E-state index is 0.0654. The summed E-state index contributed by atoms with van der Waals surface area (Å²) in [5.74, 6) is -1.12. The average Bonchev–Trinajstić information content (AvgIpc) is 2.76. The topological polar surface area (TPSA) is 72.9 Å². The lowest BCUT2D eigenvalue weighted by atomic mass is 9.97. The Bertz CT molecular complexity index is 594. The molecule has 6 nitrogen and oxygen atoms in total. The number of rotatable bonds is 6. The monoisotopic (exact) mass is 319 g/mol. The Labute approximate surface area is 135 Å². The molecule has 0 saturated carbocycles. The number of carbonyl (C=O) groups is 3. The lowest BCUT2D eigenvalue weighted by Gasteiger charge is -2.14. The van der Waals surface area contributed by atoms with Gasteiger partial charge in [-0.3, -0.25) is 19.3 Å². The van der Waals surface area contributed by atoms with Gasteiger partial charge in [-0.05, 0) is 38.5 Å². The fourth-order valence-electron chi connectivity index (χ4n) is 2.50. The molecule has 1 aliphatic rings. The molecule has 2 amide bonds. The van der Waals surface area contributed by atoms with E-state index in [-0.39, 0.29) is 37.5 Å². The molecule has 0 aromatic heterocycles. The molecule has 1 aromatic rings. The van der Waals surface area contributed by atoms with Gasteiger partial charge in [-0.2, -0.15) is 0 Å². The second-order valence-corrected chi connectivity index (χ2v) is 5.62. The average molecular weight is 319 g/mol. The van der Waals surface area contributed by atoms with E-state index in [0.717, 1.165) is 10.5 Å². The van der Waals surface area contributed by atoms with Gasteiger partial charge in [-0.25, -0.2) is 0 Å². The van der Waals surface area contributed by atoms with Crippen molar-refractivity contribution in [2.45, 2.75) is 39.2 Å². The van der Waals surface area contributed by atoms with Crippen LogP contribution in [0, 0.1) is 0 Å². The first-order valence-electron chi connectivity index (χ1n) is 7.68. The van der Waals surface area contributed by atoms with Gasteiger partial charge in [0.15, 0.2) is 0 Å². The summed E-state index contributed by atoms with van der Waals surface area (Å²) in [5.41, 5.74) is 0.741. The van der Waals surface area contributed by atoms with Crippen LogP contribution in [0.4, 0.5) is 0 Å². The Balaban J connectivity index is 2.08. The molecule has 1 aromatic carbocycles. The molecule has 0 bridgehead atoms. The van der Waals surface area contributed by atoms with Crippen molar-refractivity contribution in [3.8, 4) is 5.75 Å². The predicted octanol–water partition coefficient (Wildman–Crippen LogP) is 1.88. The third kappa shape index (κ3) is 4.09. The highest BCUT2D eigenvalue weighted by Crippen LogP contribution is 2.30. The van der Waals surface area contributed by atoms with Crippen molar-refractivity contribution in [2.24, 2.45) is 0 Å². The highest BCUT2D eigenvalue weighted by molar-refractivity contribution is 6.07. The number of ether oxygens (including phenoxy) is 2. The quantitative estimate of drug-likeness (QED) is 0.591. The van der Waals surface area contributed by atoms with E-state index in [9.17, 15) is 14.4 Å². The number of esters is 1. The van der Waals surface area contributed by atoms with E-state index in [1.54, 1.807) is 31.2 Å². The van der Waals surface area contributed by atoms with Crippen molar-refractivity contribution < 1.29 is 23.9 Å². The molecule has 1 saturated heterocycles. The van der Waals surface area contributed by atoms with E-state index >= 15 is 0 Å². The first-order chi connectivity index (χ1) is 10.9. The van der Waals surface area contributed by atoms with Gasteiger partial charge in [0.25, 0.3) is 0 Å². The summed E-state index contributed by atoms with van der Waals surface area (Å²) >= 11 is 0. The fourth-order valence-corrected chi connectivity index (χ4v) is 2.50. The smallest absolute Gasteiger partial charge is 0.326 e. The Morgan fingerprint density at radius 2 is 1.91 bits per heavy atom. The van der Waals surface area contributed by atoms with Crippen LogP contribution < -0.4 is 4.74 Å². The third-order valence-corrected chi connectivity index (χ3v) is 3.49. The first-order valence-corrected chi connectivity index (χ1v) is 7.68. The summed E-state index contributed by atoms with van der Waals surface area (Å²) in [6.07, 6.45) is 0.137. The second-order valence-electron chi connectivity index (χ2n) is 5.62. The van der Waals surface area contributed by atoms with E-state index < -0.39 is 11.9 Å². The summed E-state index contributed by atoms with van der Waals surface area (Å²) < 4.78 is 10.3. The summed E-state index contributed by atoms with van der Waals surface area (Å²) in [5, 5.41) is 0. The third-order valence-electron chi connectivity index (χ3n) is 3.49. The summed E-state index contributed by atoms with van der Waals surface area (Å²) in [4.78, 5) is 36.8. The molecule has 0 aliphatic carbocycles. The second kappa shape index (κ2) is 7.26. The maximum Gasteiger partial charge on any atom is 0.326 e. The number of amides is 2. The van der Waals surface area contributed by atoms with Crippen molar-refractivity contribution in [3.63, 3.8) is 0 Å². The van der Waals surface area contributed by atoms with Crippen LogP contribution in [0.1, 0.15) is 38.7 Å². The van der Waals surface area contributed by atoms with E-state index in [1.165, 1.54) is 0 Å². The molecule has 0 unspecified atom stereocenters. The van der Waals surface area contributed by atoms with E-state index in [2.05, 4.69) is 0 Å². The van der Waals surface area contributed by atoms with Crippen molar-refractivity contribution in [1.29, 1.82) is 0 Å². The van der Waals surface area contributed by atoms with Crippen molar-refractivity contribution >= 4 is 17.8 Å². The van der Waals surface area contributed by atoms with Gasteiger partial charge in [0.1, 0.15) is 12.3 Å². The van der Waals surface area contributed by atoms with Crippen LogP contribution in [-0.2, 0) is 19.1 Å². The zero-order chi connectivity index (χ0) is 17.0. The van der Waals surface area contributed by atoms with Gasteiger partial charge < -0.3 is 9.47 Å². The molecule has 1 aliphatic heterocycles. The number of nitrogens with zero attached hydrogens (tertiary/aromatic N) is 1. The molecule has 124 valence electrons. The van der Waals surface area contributed by atoms with Gasteiger partial charge in [0, 0.05) is 6.42 Å². The molecule has 1 fully saturated rings. The van der Waals surface area contributed by atoms with Crippen LogP contribution >= 0.6 is 0 Å². The normalized spacial score (nSPS) is 17.7. The van der Waals surface area contributed by atoms with Crippen LogP contribution in [0.5, 0.6) is 5.75 Å². The Kier molecular flexibility index (Phi) is 5.36. The number of carbonyl (C=O) groups excluding carboxylic acids is 3. The lowest BCUT2D eigenvalue weighted by molar-refractivity contribution is -0.152. The highest BCUT2D eigenvalue weighted by atomic mass is 16.5. The number of imide groups is 1. The molecule has 1 atom stereocenters. The van der Waals surface area contributed by atoms with E-state index in [4.69, 9.17) is 9.47 Å². The largest absolute Gasteiger partial charge is 0.491 e. The maximum atomic E-state index is 12.4. The number of hydrogen-bond donors (Lipinski definition) is 0. The molecule has 1 heterocycles. The van der Waals surface area contributed by atoms with Crippen LogP contribution in [-0.4, -0.2) is 41.9 Å². The molecule has 0 N–H and O–H groups in total. The fraction of sp³-hybridized carbons (Fsp3) is 0.471. The maximum absolute atomic E-state index is 12.4. The Morgan fingerprint density at radius 3 is 2.48 bits per heavy atom. The van der Waals surface area contributed by atoms with Gasteiger partial charge in [0.05, 0.1) is 18.6 Å². The molecule has 2 rings (SSSR count). The Morgan fingerprint density at radius 1 is 1.26 bits per heavy atom. The summed E-state index contributed by atoms with van der Waals surface area (Å²) in [6, 6.07) is 7.12. The summed E-state index contributed by atoms with van der Waals surface area (Å²) in [6.45, 7) is 5.43. The highest BCUT2D eigenvalue weighted by Gasteiger charge is 2.40. The van der Waals surface area contributed by atoms with Crippen molar-refractivity contribution in [1.82, 2.24) is 4.90 Å². The predicted molar refractivity (Wildman–Crippen MR) is 82.9 cm³/mol. The van der Waals surface area contributed by atoms with Gasteiger partial charge in [0.2, 0.25) is 11.8 Å². The van der Waals surface area contributed by atoms with E-state index in [1.807, 2.05) is 13.8 Å². The first kappa shape index (κ1) is 17.0. The molecule has 0 radical (unpaired) electrons. The minimum atomic E-state index is -0.574. The molecule has 23 heavy (non-hydrogen) atoms. The molecule has 0 spiro atoms. The zero-order valence-corrected chi connectivity index (χ0v) is 13.6. The Hall–Kier alpha value is -2.37. The van der Waals surface area contributed by atoms with Crippen molar-refractivity contribution in [2.75, 3.05) is 13.2 Å². The standard InChI is InChI=1S/C17H21NO5/c1-4-22-16(20)10-18-15(19)9-14(17(18)21)12-5-7-13(8-6-12)23-11(2)3/h5-8,11,14H,4,9-10H2,1-3H3/t14-/m1/s1.